The molecular weight excluding hydrogens is 174 g/mol. The molecule has 0 saturated carbocycles. The Balaban J connectivity index is 2.37. The maximum Gasteiger partial charge on any atom is 0.0762 e. The van der Waals surface area contributed by atoms with Gasteiger partial charge < -0.3 is 15.5 Å². The van der Waals surface area contributed by atoms with Gasteiger partial charge in [-0.1, -0.05) is 0 Å². The number of aliphatic hydroxyl groups is 2. The lowest BCUT2D eigenvalue weighted by atomic mass is 9.94. The SMILES string of the molecule is CC1(O)CCNCC1SCCO. The molecule has 2 unspecified atom stereocenters. The first-order valence-corrected chi connectivity index (χ1v) is 5.37. The highest BCUT2D eigenvalue weighted by molar-refractivity contribution is 8.00. The normalized spacial score (nSPS) is 36.8. The minimum atomic E-state index is -0.564. The summed E-state index contributed by atoms with van der Waals surface area (Å²) in [7, 11) is 0. The van der Waals surface area contributed by atoms with Crippen LogP contribution in [0.3, 0.4) is 0 Å². The zero-order valence-corrected chi connectivity index (χ0v) is 8.23. The second-order valence-electron chi connectivity index (χ2n) is 3.39. The molecule has 0 spiro atoms. The molecule has 0 amide bonds. The van der Waals surface area contributed by atoms with E-state index < -0.39 is 5.60 Å². The highest BCUT2D eigenvalue weighted by Crippen LogP contribution is 2.27. The summed E-state index contributed by atoms with van der Waals surface area (Å²) in [6, 6.07) is 0. The van der Waals surface area contributed by atoms with Gasteiger partial charge in [0.15, 0.2) is 0 Å². The lowest BCUT2D eigenvalue weighted by molar-refractivity contribution is 0.0355. The number of aliphatic hydroxyl groups excluding tert-OH is 1. The highest BCUT2D eigenvalue weighted by Gasteiger charge is 2.34. The van der Waals surface area contributed by atoms with Crippen molar-refractivity contribution in [1.82, 2.24) is 5.32 Å². The molecule has 0 bridgehead atoms. The topological polar surface area (TPSA) is 52.5 Å². The maximum atomic E-state index is 9.92. The van der Waals surface area contributed by atoms with Crippen molar-refractivity contribution in [1.29, 1.82) is 0 Å². The van der Waals surface area contributed by atoms with Gasteiger partial charge in [0.05, 0.1) is 12.2 Å². The van der Waals surface area contributed by atoms with Crippen molar-refractivity contribution in [2.24, 2.45) is 0 Å². The quantitative estimate of drug-likeness (QED) is 0.579. The van der Waals surface area contributed by atoms with Gasteiger partial charge in [-0.05, 0) is 19.9 Å². The van der Waals surface area contributed by atoms with Gasteiger partial charge in [-0.2, -0.15) is 11.8 Å². The van der Waals surface area contributed by atoms with Crippen LogP contribution in [0.4, 0.5) is 0 Å². The second kappa shape index (κ2) is 4.46. The lowest BCUT2D eigenvalue weighted by Crippen LogP contribution is -2.50. The molecule has 3 nitrogen and oxygen atoms in total. The Morgan fingerprint density at radius 1 is 1.67 bits per heavy atom. The first kappa shape index (κ1) is 10.3. The third-order valence-corrected chi connectivity index (χ3v) is 3.74. The Bertz CT molecular complexity index is 141. The first-order chi connectivity index (χ1) is 5.67. The van der Waals surface area contributed by atoms with Crippen molar-refractivity contribution in [3.05, 3.63) is 0 Å². The number of hydrogen-bond acceptors (Lipinski definition) is 4. The van der Waals surface area contributed by atoms with E-state index in [0.717, 1.165) is 19.5 Å². The van der Waals surface area contributed by atoms with Crippen LogP contribution in [-0.2, 0) is 0 Å². The number of hydrogen-bond donors (Lipinski definition) is 3. The molecule has 3 N–H and O–H groups in total. The molecule has 4 heteroatoms. The monoisotopic (exact) mass is 191 g/mol. The van der Waals surface area contributed by atoms with Crippen molar-refractivity contribution in [2.75, 3.05) is 25.4 Å². The number of piperidine rings is 1. The standard InChI is InChI=1S/C8H17NO2S/c1-8(11)2-3-9-6-7(8)12-5-4-10/h7,9-11H,2-6H2,1H3. The van der Waals surface area contributed by atoms with Crippen molar-refractivity contribution in [2.45, 2.75) is 24.2 Å². The minimum absolute atomic E-state index is 0.192. The van der Waals surface area contributed by atoms with Crippen molar-refractivity contribution >= 4 is 11.8 Å². The second-order valence-corrected chi connectivity index (χ2v) is 4.70. The summed E-state index contributed by atoms with van der Waals surface area (Å²) in [6.07, 6.45) is 0.802. The molecular formula is C8H17NO2S. The van der Waals surface area contributed by atoms with Gasteiger partial charge in [-0.15, -0.1) is 0 Å². The molecule has 1 aliphatic heterocycles. The molecule has 0 radical (unpaired) electrons. The third kappa shape index (κ3) is 2.62. The van der Waals surface area contributed by atoms with Crippen molar-refractivity contribution in [3.8, 4) is 0 Å². The molecule has 12 heavy (non-hydrogen) atoms. The fraction of sp³-hybridized carbons (Fsp3) is 1.00. The lowest BCUT2D eigenvalue weighted by Gasteiger charge is -2.37. The summed E-state index contributed by atoms with van der Waals surface area (Å²) in [6.45, 7) is 3.81. The van der Waals surface area contributed by atoms with Gasteiger partial charge in [-0.25, -0.2) is 0 Å². The van der Waals surface area contributed by atoms with Gasteiger partial charge in [0.2, 0.25) is 0 Å². The van der Waals surface area contributed by atoms with Gasteiger partial charge in [0.1, 0.15) is 0 Å². The van der Waals surface area contributed by atoms with Gasteiger partial charge >= 0.3 is 0 Å². The first-order valence-electron chi connectivity index (χ1n) is 4.32. The maximum absolute atomic E-state index is 9.92. The van der Waals surface area contributed by atoms with E-state index in [9.17, 15) is 5.11 Å². The summed E-state index contributed by atoms with van der Waals surface area (Å²) in [5.74, 6) is 0.711. The average molecular weight is 191 g/mol. The van der Waals surface area contributed by atoms with E-state index in [0.29, 0.717) is 5.75 Å². The Labute approximate surface area is 77.5 Å². The average Bonchev–Trinajstić information content (AvgIpc) is 2.02. The Morgan fingerprint density at radius 3 is 3.00 bits per heavy atom. The van der Waals surface area contributed by atoms with Crippen LogP contribution in [0.5, 0.6) is 0 Å². The van der Waals surface area contributed by atoms with Gasteiger partial charge in [0, 0.05) is 17.5 Å². The van der Waals surface area contributed by atoms with Crippen molar-refractivity contribution in [3.63, 3.8) is 0 Å². The molecule has 0 aromatic rings. The zero-order chi connectivity index (χ0) is 9.03. The van der Waals surface area contributed by atoms with E-state index in [1.807, 2.05) is 6.92 Å². The molecule has 0 aromatic heterocycles. The van der Waals surface area contributed by atoms with Crippen LogP contribution >= 0.6 is 11.8 Å². The van der Waals surface area contributed by atoms with Crippen LogP contribution in [0.25, 0.3) is 0 Å². The van der Waals surface area contributed by atoms with Gasteiger partial charge in [-0.3, -0.25) is 0 Å². The fourth-order valence-corrected chi connectivity index (χ4v) is 2.49. The van der Waals surface area contributed by atoms with Crippen LogP contribution in [0.2, 0.25) is 0 Å². The molecule has 72 valence electrons. The van der Waals surface area contributed by atoms with Crippen LogP contribution in [0.1, 0.15) is 13.3 Å². The number of nitrogens with one attached hydrogen (secondary N) is 1. The van der Waals surface area contributed by atoms with Gasteiger partial charge in [0.25, 0.3) is 0 Å². The van der Waals surface area contributed by atoms with E-state index in [2.05, 4.69) is 5.32 Å². The molecule has 0 aliphatic carbocycles. The third-order valence-electron chi connectivity index (χ3n) is 2.24. The summed E-state index contributed by atoms with van der Waals surface area (Å²) in [4.78, 5) is 0. The summed E-state index contributed by atoms with van der Waals surface area (Å²) in [5.41, 5.74) is -0.564. The van der Waals surface area contributed by atoms with Crippen LogP contribution < -0.4 is 5.32 Å². The summed E-state index contributed by atoms with van der Waals surface area (Å²) >= 11 is 1.64. The fourth-order valence-electron chi connectivity index (χ4n) is 1.39. The molecule has 1 saturated heterocycles. The zero-order valence-electron chi connectivity index (χ0n) is 7.42. The predicted molar refractivity (Wildman–Crippen MR) is 51.4 cm³/mol. The summed E-state index contributed by atoms with van der Waals surface area (Å²) < 4.78 is 0. The van der Waals surface area contributed by atoms with Crippen LogP contribution in [0, 0.1) is 0 Å². The molecule has 1 rings (SSSR count). The van der Waals surface area contributed by atoms with Crippen molar-refractivity contribution < 1.29 is 10.2 Å². The van der Waals surface area contributed by atoms with E-state index in [-0.39, 0.29) is 11.9 Å². The van der Waals surface area contributed by atoms with Crippen LogP contribution in [0.15, 0.2) is 0 Å². The summed E-state index contributed by atoms with van der Waals surface area (Å²) in [5, 5.41) is 22.0. The Hall–Kier alpha value is 0.230. The van der Waals surface area contributed by atoms with E-state index >= 15 is 0 Å². The predicted octanol–water partition coefficient (Wildman–Crippen LogP) is -0.175. The number of rotatable bonds is 3. The van der Waals surface area contributed by atoms with E-state index in [1.165, 1.54) is 0 Å². The van der Waals surface area contributed by atoms with Crippen LogP contribution in [-0.4, -0.2) is 46.5 Å². The number of thioether (sulfide) groups is 1. The molecule has 1 fully saturated rings. The van der Waals surface area contributed by atoms with E-state index in [1.54, 1.807) is 11.8 Å². The molecule has 1 aliphatic rings. The largest absolute Gasteiger partial charge is 0.396 e. The molecule has 2 atom stereocenters. The molecule has 1 heterocycles. The minimum Gasteiger partial charge on any atom is -0.396 e. The molecule has 0 aromatic carbocycles. The smallest absolute Gasteiger partial charge is 0.0762 e. The van der Waals surface area contributed by atoms with E-state index in [4.69, 9.17) is 5.11 Å². The Kier molecular flexibility index (Phi) is 3.83. The Morgan fingerprint density at radius 2 is 2.42 bits per heavy atom. The highest BCUT2D eigenvalue weighted by atomic mass is 32.2.